The molecule has 0 aromatic heterocycles. The van der Waals surface area contributed by atoms with E-state index in [9.17, 15) is 0 Å². The van der Waals surface area contributed by atoms with Crippen LogP contribution < -0.4 is 0 Å². The Kier molecular flexibility index (Phi) is 23.4. The number of hydrogen-bond acceptors (Lipinski definition) is 0. The molecule has 0 bridgehead atoms. The first-order valence-corrected chi connectivity index (χ1v) is 17.1. The third kappa shape index (κ3) is 18.9. The predicted octanol–water partition coefficient (Wildman–Crippen LogP) is 10.6. The van der Waals surface area contributed by atoms with Gasteiger partial charge in [0.2, 0.25) is 0 Å². The Hall–Kier alpha value is 0.430. The monoisotopic (exact) mass is 428 g/mol. The van der Waals surface area contributed by atoms with Crippen LogP contribution in [0.3, 0.4) is 0 Å². The quantitative estimate of drug-likeness (QED) is 0.106. The van der Waals surface area contributed by atoms with Gasteiger partial charge in [0.1, 0.15) is 0 Å². The average Bonchev–Trinajstić information content (AvgIpc) is 2.74. The topological polar surface area (TPSA) is 0 Å². The molecule has 0 atom stereocenters. The van der Waals surface area contributed by atoms with Crippen LogP contribution in [0.1, 0.15) is 156 Å². The van der Waals surface area contributed by atoms with Gasteiger partial charge in [0.25, 0.3) is 0 Å². The zero-order valence-electron chi connectivity index (χ0n) is 21.5. The molecule has 0 saturated carbocycles. The van der Waals surface area contributed by atoms with Crippen molar-refractivity contribution in [2.45, 2.75) is 156 Å². The van der Waals surface area contributed by atoms with Crippen molar-refractivity contribution in [3.8, 4) is 0 Å². The van der Waals surface area contributed by atoms with E-state index in [1.807, 2.05) is 0 Å². The summed E-state index contributed by atoms with van der Waals surface area (Å²) in [6.45, 7) is 9.46. The summed E-state index contributed by atoms with van der Waals surface area (Å²) in [5, 5.41) is 0. The predicted molar refractivity (Wildman–Crippen MR) is 143 cm³/mol. The second-order valence-electron chi connectivity index (χ2n) is 10.2. The third-order valence-corrected chi connectivity index (χ3v) is 12.9. The van der Waals surface area contributed by atoms with Crippen LogP contribution in [0.5, 0.6) is 0 Å². The Balaban J connectivity index is 4.25. The van der Waals surface area contributed by atoms with Gasteiger partial charge in [-0.3, -0.25) is 0 Å². The average molecular weight is 429 g/mol. The molecule has 178 valence electrons. The van der Waals surface area contributed by atoms with E-state index in [4.69, 9.17) is 0 Å². The van der Waals surface area contributed by atoms with Crippen molar-refractivity contribution < 1.29 is 0 Å². The molecule has 0 nitrogen and oxygen atoms in total. The first-order valence-electron chi connectivity index (χ1n) is 14.2. The van der Waals surface area contributed by atoms with Crippen molar-refractivity contribution in [2.24, 2.45) is 0 Å². The minimum atomic E-state index is -1.000. The van der Waals surface area contributed by atoms with E-state index in [2.05, 4.69) is 27.7 Å². The molecule has 0 aliphatic rings. The Bertz CT molecular complexity index is 269. The van der Waals surface area contributed by atoms with E-state index in [1.165, 1.54) is 116 Å². The SMILES string of the molecule is CCCCCCCCCC[PH](CCCC)(CCCC)CCCCCCCCCC. The number of rotatable bonds is 24. The molecule has 0 aromatic rings. The summed E-state index contributed by atoms with van der Waals surface area (Å²) in [7, 11) is -1.000. The molecular formula is C28H61P. The van der Waals surface area contributed by atoms with E-state index < -0.39 is 7.26 Å². The van der Waals surface area contributed by atoms with Gasteiger partial charge in [0.15, 0.2) is 0 Å². The Morgan fingerprint density at radius 2 is 0.517 bits per heavy atom. The Morgan fingerprint density at radius 3 is 0.828 bits per heavy atom. The fourth-order valence-electron chi connectivity index (χ4n) is 5.12. The number of hydrogen-bond donors (Lipinski definition) is 0. The van der Waals surface area contributed by atoms with Crippen LogP contribution in [0.2, 0.25) is 0 Å². The molecule has 0 fully saturated rings. The Labute approximate surface area is 188 Å². The zero-order chi connectivity index (χ0) is 21.5. The van der Waals surface area contributed by atoms with Crippen molar-refractivity contribution in [1.29, 1.82) is 0 Å². The molecule has 0 unspecified atom stereocenters. The van der Waals surface area contributed by atoms with Crippen LogP contribution >= 0.6 is 7.26 Å². The van der Waals surface area contributed by atoms with Crippen LogP contribution in [0.25, 0.3) is 0 Å². The van der Waals surface area contributed by atoms with Crippen LogP contribution in [-0.4, -0.2) is 24.6 Å². The summed E-state index contributed by atoms with van der Waals surface area (Å²) in [6, 6.07) is 0. The van der Waals surface area contributed by atoms with Gasteiger partial charge in [-0.05, 0) is 0 Å². The molecule has 0 heterocycles. The van der Waals surface area contributed by atoms with Gasteiger partial charge in [0, 0.05) is 0 Å². The summed E-state index contributed by atoms with van der Waals surface area (Å²) < 4.78 is 0. The van der Waals surface area contributed by atoms with Crippen LogP contribution in [0.4, 0.5) is 0 Å². The van der Waals surface area contributed by atoms with Crippen molar-refractivity contribution in [2.75, 3.05) is 24.6 Å². The van der Waals surface area contributed by atoms with Gasteiger partial charge in [0.05, 0.1) is 0 Å². The molecule has 0 aliphatic carbocycles. The molecule has 29 heavy (non-hydrogen) atoms. The van der Waals surface area contributed by atoms with E-state index in [0.29, 0.717) is 0 Å². The molecular weight excluding hydrogens is 367 g/mol. The van der Waals surface area contributed by atoms with Crippen molar-refractivity contribution >= 4 is 7.26 Å². The standard InChI is InChI=1S/C28H61P/c1-5-9-13-15-17-19-21-23-27-29(25-11-7-3,26-12-8-4)28-24-22-20-18-16-14-10-6-2/h29H,5-28H2,1-4H3. The van der Waals surface area contributed by atoms with Gasteiger partial charge in [-0.2, -0.15) is 0 Å². The molecule has 0 aliphatic heterocycles. The van der Waals surface area contributed by atoms with Crippen LogP contribution in [-0.2, 0) is 0 Å². The molecule has 0 amide bonds. The molecule has 0 saturated heterocycles. The number of unbranched alkanes of at least 4 members (excludes halogenated alkanes) is 16. The first kappa shape index (κ1) is 29.4. The van der Waals surface area contributed by atoms with Gasteiger partial charge in [-0.1, -0.05) is 0 Å². The van der Waals surface area contributed by atoms with Gasteiger partial charge >= 0.3 is 188 Å². The second-order valence-corrected chi connectivity index (χ2v) is 15.2. The molecule has 0 radical (unpaired) electrons. The molecule has 0 spiro atoms. The van der Waals surface area contributed by atoms with Gasteiger partial charge < -0.3 is 0 Å². The molecule has 0 rings (SSSR count). The molecule has 1 heteroatoms. The van der Waals surface area contributed by atoms with E-state index in [-0.39, 0.29) is 0 Å². The van der Waals surface area contributed by atoms with Gasteiger partial charge in [-0.15, -0.1) is 0 Å². The van der Waals surface area contributed by atoms with Crippen LogP contribution in [0.15, 0.2) is 0 Å². The minimum absolute atomic E-state index is 1.000. The summed E-state index contributed by atoms with van der Waals surface area (Å²) in [5.74, 6) is 0. The van der Waals surface area contributed by atoms with E-state index in [0.717, 1.165) is 0 Å². The zero-order valence-corrected chi connectivity index (χ0v) is 22.5. The Morgan fingerprint density at radius 1 is 0.276 bits per heavy atom. The van der Waals surface area contributed by atoms with Gasteiger partial charge in [-0.25, -0.2) is 0 Å². The second kappa shape index (κ2) is 23.1. The van der Waals surface area contributed by atoms with Crippen molar-refractivity contribution in [3.63, 3.8) is 0 Å². The molecule has 0 aromatic carbocycles. The summed E-state index contributed by atoms with van der Waals surface area (Å²) >= 11 is 0. The van der Waals surface area contributed by atoms with Crippen molar-refractivity contribution in [3.05, 3.63) is 0 Å². The fourth-order valence-corrected chi connectivity index (χ4v) is 10.8. The normalized spacial score (nSPS) is 12.6. The third-order valence-electron chi connectivity index (χ3n) is 7.24. The fraction of sp³-hybridized carbons (Fsp3) is 1.00. The first-order chi connectivity index (χ1) is 14.2. The molecule has 0 N–H and O–H groups in total. The van der Waals surface area contributed by atoms with E-state index in [1.54, 1.807) is 37.5 Å². The van der Waals surface area contributed by atoms with Crippen molar-refractivity contribution in [1.82, 2.24) is 0 Å². The maximum atomic E-state index is 2.41. The van der Waals surface area contributed by atoms with Crippen LogP contribution in [0, 0.1) is 0 Å². The maximum absolute atomic E-state index is 2.41. The summed E-state index contributed by atoms with van der Waals surface area (Å²) in [6.07, 6.45) is 36.2. The summed E-state index contributed by atoms with van der Waals surface area (Å²) in [4.78, 5) is 0. The summed E-state index contributed by atoms with van der Waals surface area (Å²) in [5.41, 5.74) is 0. The van der Waals surface area contributed by atoms with E-state index >= 15 is 0 Å².